The van der Waals surface area contributed by atoms with Crippen LogP contribution in [-0.4, -0.2) is 25.1 Å². The average molecular weight is 409 g/mol. The Bertz CT molecular complexity index is 959. The van der Waals surface area contributed by atoms with E-state index in [-0.39, 0.29) is 16.5 Å². The molecular weight excluding hydrogens is 395 g/mol. The molecule has 5 nitrogen and oxygen atoms in total. The number of aromatic nitrogens is 1. The zero-order valence-electron chi connectivity index (χ0n) is 13.9. The second kappa shape index (κ2) is 7.95. The number of amides is 1. The van der Waals surface area contributed by atoms with Crippen molar-refractivity contribution in [2.75, 3.05) is 19.5 Å². The van der Waals surface area contributed by atoms with Gasteiger partial charge in [0.05, 0.1) is 35.5 Å². The van der Waals surface area contributed by atoms with Gasteiger partial charge in [0.1, 0.15) is 11.5 Å². The maximum absolute atomic E-state index is 12.4. The Balaban J connectivity index is 1.87. The molecule has 0 spiro atoms. The highest BCUT2D eigenvalue weighted by atomic mass is 35.5. The maximum atomic E-state index is 12.4. The third kappa shape index (κ3) is 3.77. The molecule has 0 aliphatic heterocycles. The van der Waals surface area contributed by atoms with E-state index in [1.54, 1.807) is 44.6 Å². The van der Waals surface area contributed by atoms with Crippen molar-refractivity contribution >= 4 is 45.6 Å². The lowest BCUT2D eigenvalue weighted by atomic mass is 10.1. The third-order valence-electron chi connectivity index (χ3n) is 3.60. The molecule has 0 bridgehead atoms. The lowest BCUT2D eigenvalue weighted by Gasteiger charge is -2.08. The van der Waals surface area contributed by atoms with Gasteiger partial charge in [0, 0.05) is 10.9 Å². The van der Waals surface area contributed by atoms with Gasteiger partial charge in [-0.15, -0.1) is 11.3 Å². The highest BCUT2D eigenvalue weighted by Gasteiger charge is 2.16. The van der Waals surface area contributed by atoms with Crippen LogP contribution in [0.25, 0.3) is 11.3 Å². The summed E-state index contributed by atoms with van der Waals surface area (Å²) in [7, 11) is 3.18. The minimum atomic E-state index is -0.379. The van der Waals surface area contributed by atoms with Gasteiger partial charge < -0.3 is 9.47 Å². The van der Waals surface area contributed by atoms with E-state index in [1.165, 1.54) is 11.3 Å². The summed E-state index contributed by atoms with van der Waals surface area (Å²) in [5.41, 5.74) is 1.72. The zero-order chi connectivity index (χ0) is 18.7. The second-order valence-electron chi connectivity index (χ2n) is 5.16. The van der Waals surface area contributed by atoms with Crippen LogP contribution in [-0.2, 0) is 0 Å². The predicted octanol–water partition coefficient (Wildman–Crippen LogP) is 5.39. The largest absolute Gasteiger partial charge is 0.497 e. The fourth-order valence-corrected chi connectivity index (χ4v) is 3.40. The molecular formula is C18H14Cl2N2O3S. The molecule has 2 aromatic carbocycles. The third-order valence-corrected chi connectivity index (χ3v) is 5.18. The van der Waals surface area contributed by atoms with Crippen LogP contribution in [0, 0.1) is 0 Å². The van der Waals surface area contributed by atoms with Crippen LogP contribution in [0.2, 0.25) is 10.0 Å². The topological polar surface area (TPSA) is 60.5 Å². The molecule has 0 unspecified atom stereocenters. The molecule has 3 rings (SSSR count). The van der Waals surface area contributed by atoms with E-state index in [9.17, 15) is 4.79 Å². The molecule has 0 radical (unpaired) electrons. The normalized spacial score (nSPS) is 10.5. The first-order valence-corrected chi connectivity index (χ1v) is 9.10. The van der Waals surface area contributed by atoms with Crippen LogP contribution in [0.5, 0.6) is 11.5 Å². The van der Waals surface area contributed by atoms with Crippen LogP contribution in [0.1, 0.15) is 10.4 Å². The molecule has 1 amide bonds. The van der Waals surface area contributed by atoms with Gasteiger partial charge in [0.15, 0.2) is 5.13 Å². The van der Waals surface area contributed by atoms with Gasteiger partial charge >= 0.3 is 0 Å². The summed E-state index contributed by atoms with van der Waals surface area (Å²) in [5.74, 6) is 0.966. The molecule has 0 atom stereocenters. The maximum Gasteiger partial charge on any atom is 0.259 e. The second-order valence-corrected chi connectivity index (χ2v) is 6.80. The molecule has 0 fully saturated rings. The van der Waals surface area contributed by atoms with E-state index in [1.807, 2.05) is 11.4 Å². The van der Waals surface area contributed by atoms with Crippen LogP contribution in [0.4, 0.5) is 5.13 Å². The Morgan fingerprint density at radius 3 is 2.69 bits per heavy atom. The van der Waals surface area contributed by atoms with Gasteiger partial charge in [-0.2, -0.15) is 0 Å². The first-order chi connectivity index (χ1) is 12.5. The highest BCUT2D eigenvalue weighted by Crippen LogP contribution is 2.35. The monoisotopic (exact) mass is 408 g/mol. The number of nitrogens with one attached hydrogen (secondary N) is 1. The number of benzene rings is 2. The van der Waals surface area contributed by atoms with E-state index >= 15 is 0 Å². The quantitative estimate of drug-likeness (QED) is 0.614. The van der Waals surface area contributed by atoms with Crippen molar-refractivity contribution in [3.05, 3.63) is 57.4 Å². The van der Waals surface area contributed by atoms with E-state index in [2.05, 4.69) is 10.3 Å². The smallest absolute Gasteiger partial charge is 0.259 e. The summed E-state index contributed by atoms with van der Waals surface area (Å²) in [6.07, 6.45) is 0. The SMILES string of the molecule is COc1ccc(OC)c(-c2csc(NC(=O)c3cccc(Cl)c3Cl)n2)c1. The Labute approximate surface area is 164 Å². The highest BCUT2D eigenvalue weighted by molar-refractivity contribution is 7.14. The number of hydrogen-bond acceptors (Lipinski definition) is 5. The minimum absolute atomic E-state index is 0.206. The summed E-state index contributed by atoms with van der Waals surface area (Å²) in [5, 5.41) is 5.52. The number of rotatable bonds is 5. The number of methoxy groups -OCH3 is 2. The summed E-state index contributed by atoms with van der Waals surface area (Å²) in [4.78, 5) is 16.9. The number of nitrogens with zero attached hydrogens (tertiary/aromatic N) is 1. The number of halogens is 2. The first-order valence-electron chi connectivity index (χ1n) is 7.46. The molecule has 1 N–H and O–H groups in total. The molecule has 3 aromatic rings. The van der Waals surface area contributed by atoms with Gasteiger partial charge in [-0.05, 0) is 30.3 Å². The number of hydrogen-bond donors (Lipinski definition) is 1. The van der Waals surface area contributed by atoms with E-state index in [0.29, 0.717) is 27.3 Å². The Morgan fingerprint density at radius 2 is 1.96 bits per heavy atom. The molecule has 26 heavy (non-hydrogen) atoms. The Kier molecular flexibility index (Phi) is 5.66. The Hall–Kier alpha value is -2.28. The fraction of sp³-hybridized carbons (Fsp3) is 0.111. The fourth-order valence-electron chi connectivity index (χ4n) is 2.31. The van der Waals surface area contributed by atoms with Crippen molar-refractivity contribution in [1.82, 2.24) is 4.98 Å². The van der Waals surface area contributed by atoms with Crippen molar-refractivity contribution in [2.24, 2.45) is 0 Å². The molecule has 134 valence electrons. The van der Waals surface area contributed by atoms with Crippen LogP contribution in [0.15, 0.2) is 41.8 Å². The van der Waals surface area contributed by atoms with Gasteiger partial charge in [-0.1, -0.05) is 29.3 Å². The lowest BCUT2D eigenvalue weighted by molar-refractivity contribution is 0.102. The minimum Gasteiger partial charge on any atom is -0.497 e. The van der Waals surface area contributed by atoms with E-state index < -0.39 is 0 Å². The summed E-state index contributed by atoms with van der Waals surface area (Å²) >= 11 is 13.3. The van der Waals surface area contributed by atoms with Crippen molar-refractivity contribution in [3.8, 4) is 22.8 Å². The van der Waals surface area contributed by atoms with Crippen LogP contribution in [0.3, 0.4) is 0 Å². The number of carbonyl (C=O) groups excluding carboxylic acids is 1. The molecule has 0 aliphatic carbocycles. The van der Waals surface area contributed by atoms with Gasteiger partial charge in [-0.25, -0.2) is 4.98 Å². The van der Waals surface area contributed by atoms with E-state index in [0.717, 1.165) is 5.56 Å². The average Bonchev–Trinajstić information content (AvgIpc) is 3.11. The molecule has 0 saturated heterocycles. The summed E-state index contributed by atoms with van der Waals surface area (Å²) in [6, 6.07) is 10.3. The van der Waals surface area contributed by atoms with Crippen molar-refractivity contribution in [1.29, 1.82) is 0 Å². The number of thiazole rings is 1. The van der Waals surface area contributed by atoms with Crippen LogP contribution < -0.4 is 14.8 Å². The van der Waals surface area contributed by atoms with Crippen LogP contribution >= 0.6 is 34.5 Å². The number of ether oxygens (including phenoxy) is 2. The summed E-state index contributed by atoms with van der Waals surface area (Å²) < 4.78 is 10.6. The number of carbonyl (C=O) groups is 1. The van der Waals surface area contributed by atoms with Crippen molar-refractivity contribution in [3.63, 3.8) is 0 Å². The van der Waals surface area contributed by atoms with E-state index in [4.69, 9.17) is 32.7 Å². The number of anilines is 1. The van der Waals surface area contributed by atoms with Crippen molar-refractivity contribution < 1.29 is 14.3 Å². The Morgan fingerprint density at radius 1 is 1.15 bits per heavy atom. The van der Waals surface area contributed by atoms with Gasteiger partial charge in [0.25, 0.3) is 5.91 Å². The lowest BCUT2D eigenvalue weighted by Crippen LogP contribution is -2.12. The first kappa shape index (κ1) is 18.5. The summed E-state index contributed by atoms with van der Waals surface area (Å²) in [6.45, 7) is 0. The van der Waals surface area contributed by atoms with Gasteiger partial charge in [0.2, 0.25) is 0 Å². The molecule has 8 heteroatoms. The van der Waals surface area contributed by atoms with Gasteiger partial charge in [-0.3, -0.25) is 10.1 Å². The van der Waals surface area contributed by atoms with Crippen molar-refractivity contribution in [2.45, 2.75) is 0 Å². The molecule has 0 aliphatic rings. The molecule has 1 aromatic heterocycles. The standard InChI is InChI=1S/C18H14Cl2N2O3S/c1-24-10-6-7-15(25-2)12(8-10)14-9-26-18(21-14)22-17(23)11-4-3-5-13(19)16(11)20/h3-9H,1-2H3,(H,21,22,23). The zero-order valence-corrected chi connectivity index (χ0v) is 16.2. The molecule has 1 heterocycles. The molecule has 0 saturated carbocycles. The predicted molar refractivity (Wildman–Crippen MR) is 105 cm³/mol.